The third-order valence-electron chi connectivity index (χ3n) is 5.60. The molecule has 1 atom stereocenters. The van der Waals surface area contributed by atoms with Gasteiger partial charge in [-0.05, 0) is 61.1 Å². The van der Waals surface area contributed by atoms with Gasteiger partial charge in [-0.1, -0.05) is 49.2 Å². The summed E-state index contributed by atoms with van der Waals surface area (Å²) in [5.74, 6) is 0.436. The zero-order valence-corrected chi connectivity index (χ0v) is 15.8. The van der Waals surface area contributed by atoms with Crippen molar-refractivity contribution >= 4 is 11.6 Å². The lowest BCUT2D eigenvalue weighted by molar-refractivity contribution is -0.118. The Balaban J connectivity index is 1.66. The lowest BCUT2D eigenvalue weighted by Gasteiger charge is -2.24. The summed E-state index contributed by atoms with van der Waals surface area (Å²) in [4.78, 5) is 13.4. The average molecular weight is 358 g/mol. The highest BCUT2D eigenvalue weighted by Gasteiger charge is 2.32. The SMILES string of the molecule is Cc1ccc(-n2cccc2)c(NC(=O)[C@H](c2ccccc2)C2CCCC2)c1. The Morgan fingerprint density at radius 1 is 1.00 bits per heavy atom. The van der Waals surface area contributed by atoms with Crippen LogP contribution >= 0.6 is 0 Å². The molecule has 0 aliphatic heterocycles. The normalized spacial score (nSPS) is 15.6. The van der Waals surface area contributed by atoms with Gasteiger partial charge in [0.05, 0.1) is 17.3 Å². The van der Waals surface area contributed by atoms with Crippen molar-refractivity contribution in [1.29, 1.82) is 0 Å². The topological polar surface area (TPSA) is 34.0 Å². The molecule has 1 aromatic heterocycles. The van der Waals surface area contributed by atoms with Crippen molar-refractivity contribution < 1.29 is 4.79 Å². The summed E-state index contributed by atoms with van der Waals surface area (Å²) in [7, 11) is 0. The van der Waals surface area contributed by atoms with Crippen LogP contribution in [0.15, 0.2) is 73.1 Å². The number of aromatic nitrogens is 1. The zero-order chi connectivity index (χ0) is 18.6. The highest BCUT2D eigenvalue weighted by atomic mass is 16.1. The third kappa shape index (κ3) is 3.82. The standard InChI is InChI=1S/C24H26N2O/c1-18-13-14-22(26-15-7-8-16-26)21(17-18)25-24(27)23(20-11-5-6-12-20)19-9-3-2-4-10-19/h2-4,7-10,13-17,20,23H,5-6,11-12H2,1H3,(H,25,27)/t23-/m1/s1. The van der Waals surface area contributed by atoms with Crippen LogP contribution < -0.4 is 5.32 Å². The molecule has 0 spiro atoms. The number of benzene rings is 2. The molecule has 1 saturated carbocycles. The van der Waals surface area contributed by atoms with Crippen LogP contribution in [0.25, 0.3) is 5.69 Å². The largest absolute Gasteiger partial charge is 0.324 e. The van der Waals surface area contributed by atoms with Crippen molar-refractivity contribution in [1.82, 2.24) is 4.57 Å². The molecule has 3 nitrogen and oxygen atoms in total. The van der Waals surface area contributed by atoms with Gasteiger partial charge in [0, 0.05) is 12.4 Å². The van der Waals surface area contributed by atoms with Crippen LogP contribution in [-0.4, -0.2) is 10.5 Å². The van der Waals surface area contributed by atoms with Gasteiger partial charge in [-0.15, -0.1) is 0 Å². The number of hydrogen-bond acceptors (Lipinski definition) is 1. The van der Waals surface area contributed by atoms with E-state index in [0.29, 0.717) is 5.92 Å². The van der Waals surface area contributed by atoms with E-state index in [1.807, 2.05) is 47.3 Å². The van der Waals surface area contributed by atoms with E-state index < -0.39 is 0 Å². The van der Waals surface area contributed by atoms with Gasteiger partial charge in [0.1, 0.15) is 0 Å². The fourth-order valence-corrected chi connectivity index (χ4v) is 4.27. The van der Waals surface area contributed by atoms with E-state index in [1.54, 1.807) is 0 Å². The Morgan fingerprint density at radius 2 is 1.70 bits per heavy atom. The van der Waals surface area contributed by atoms with Crippen LogP contribution in [0.2, 0.25) is 0 Å². The minimum Gasteiger partial charge on any atom is -0.324 e. The maximum Gasteiger partial charge on any atom is 0.232 e. The highest BCUT2D eigenvalue weighted by molar-refractivity contribution is 5.97. The van der Waals surface area contributed by atoms with Crippen molar-refractivity contribution in [3.05, 3.63) is 84.2 Å². The number of carbonyl (C=O) groups is 1. The zero-order valence-electron chi connectivity index (χ0n) is 15.8. The Labute approximate surface area is 161 Å². The van der Waals surface area contributed by atoms with Crippen LogP contribution in [0.4, 0.5) is 5.69 Å². The van der Waals surface area contributed by atoms with Crippen molar-refractivity contribution in [3.63, 3.8) is 0 Å². The molecule has 4 rings (SSSR count). The van der Waals surface area contributed by atoms with E-state index in [-0.39, 0.29) is 11.8 Å². The average Bonchev–Trinajstić information content (AvgIpc) is 3.37. The number of nitrogens with one attached hydrogen (secondary N) is 1. The van der Waals surface area contributed by atoms with Crippen molar-refractivity contribution in [2.24, 2.45) is 5.92 Å². The molecule has 0 unspecified atom stereocenters. The van der Waals surface area contributed by atoms with Gasteiger partial charge in [-0.25, -0.2) is 0 Å². The minimum absolute atomic E-state index is 0.0910. The van der Waals surface area contributed by atoms with Gasteiger partial charge in [0.25, 0.3) is 0 Å². The van der Waals surface area contributed by atoms with Crippen LogP contribution in [0, 0.1) is 12.8 Å². The van der Waals surface area contributed by atoms with E-state index in [0.717, 1.165) is 35.3 Å². The lowest BCUT2D eigenvalue weighted by atomic mass is 9.84. The smallest absolute Gasteiger partial charge is 0.232 e. The third-order valence-corrected chi connectivity index (χ3v) is 5.60. The predicted octanol–water partition coefficient (Wildman–Crippen LogP) is 5.70. The molecule has 138 valence electrons. The lowest BCUT2D eigenvalue weighted by Crippen LogP contribution is -2.27. The summed E-state index contributed by atoms with van der Waals surface area (Å²) >= 11 is 0. The summed E-state index contributed by atoms with van der Waals surface area (Å²) in [5, 5.41) is 3.26. The molecule has 3 aromatic rings. The second kappa shape index (κ2) is 7.83. The van der Waals surface area contributed by atoms with Crippen LogP contribution in [0.5, 0.6) is 0 Å². The molecular weight excluding hydrogens is 332 g/mol. The molecule has 0 bridgehead atoms. The molecule has 0 saturated heterocycles. The van der Waals surface area contributed by atoms with E-state index in [4.69, 9.17) is 0 Å². The van der Waals surface area contributed by atoms with Gasteiger partial charge in [-0.3, -0.25) is 4.79 Å². The molecule has 3 heteroatoms. The summed E-state index contributed by atoms with van der Waals surface area (Å²) in [6.07, 6.45) is 8.72. The number of amides is 1. The molecule has 27 heavy (non-hydrogen) atoms. The molecule has 1 aliphatic rings. The Morgan fingerprint density at radius 3 is 2.41 bits per heavy atom. The fraction of sp³-hybridized carbons (Fsp3) is 0.292. The number of carbonyl (C=O) groups excluding carboxylic acids is 1. The molecule has 0 radical (unpaired) electrons. The quantitative estimate of drug-likeness (QED) is 0.624. The first-order chi connectivity index (χ1) is 13.2. The summed E-state index contributed by atoms with van der Waals surface area (Å²) in [6.45, 7) is 2.06. The number of rotatable bonds is 5. The highest BCUT2D eigenvalue weighted by Crippen LogP contribution is 2.38. The van der Waals surface area contributed by atoms with Gasteiger partial charge < -0.3 is 9.88 Å². The maximum atomic E-state index is 13.4. The summed E-state index contributed by atoms with van der Waals surface area (Å²) in [5.41, 5.74) is 4.13. The molecule has 1 aliphatic carbocycles. The predicted molar refractivity (Wildman–Crippen MR) is 110 cm³/mol. The van der Waals surface area contributed by atoms with Crippen LogP contribution in [0.1, 0.15) is 42.7 Å². The van der Waals surface area contributed by atoms with Crippen molar-refractivity contribution in [3.8, 4) is 5.69 Å². The summed E-state index contributed by atoms with van der Waals surface area (Å²) < 4.78 is 2.04. The first-order valence-corrected chi connectivity index (χ1v) is 9.82. The van der Waals surface area contributed by atoms with E-state index >= 15 is 0 Å². The Kier molecular flexibility index (Phi) is 5.10. The Bertz CT molecular complexity index is 893. The molecule has 1 N–H and O–H groups in total. The van der Waals surface area contributed by atoms with E-state index in [1.165, 1.54) is 12.8 Å². The van der Waals surface area contributed by atoms with Crippen LogP contribution in [0.3, 0.4) is 0 Å². The number of anilines is 1. The second-order valence-corrected chi connectivity index (χ2v) is 7.53. The number of aryl methyl sites for hydroxylation is 1. The van der Waals surface area contributed by atoms with Crippen molar-refractivity contribution in [2.75, 3.05) is 5.32 Å². The Hall–Kier alpha value is -2.81. The van der Waals surface area contributed by atoms with Gasteiger partial charge in [0.15, 0.2) is 0 Å². The second-order valence-electron chi connectivity index (χ2n) is 7.53. The maximum absolute atomic E-state index is 13.4. The first-order valence-electron chi connectivity index (χ1n) is 9.82. The number of nitrogens with zero attached hydrogens (tertiary/aromatic N) is 1. The van der Waals surface area contributed by atoms with E-state index in [2.05, 4.69) is 42.6 Å². The minimum atomic E-state index is -0.0910. The molecule has 1 fully saturated rings. The molecule has 2 aromatic carbocycles. The number of hydrogen-bond donors (Lipinski definition) is 1. The molecular formula is C24H26N2O. The van der Waals surface area contributed by atoms with Gasteiger partial charge in [-0.2, -0.15) is 0 Å². The molecule has 1 heterocycles. The molecule has 1 amide bonds. The van der Waals surface area contributed by atoms with Crippen LogP contribution in [-0.2, 0) is 4.79 Å². The van der Waals surface area contributed by atoms with Crippen molar-refractivity contribution in [2.45, 2.75) is 38.5 Å². The van der Waals surface area contributed by atoms with Gasteiger partial charge >= 0.3 is 0 Å². The van der Waals surface area contributed by atoms with Gasteiger partial charge in [0.2, 0.25) is 5.91 Å². The fourth-order valence-electron chi connectivity index (χ4n) is 4.27. The first kappa shape index (κ1) is 17.6. The summed E-state index contributed by atoms with van der Waals surface area (Å²) in [6, 6.07) is 20.5. The van der Waals surface area contributed by atoms with E-state index in [9.17, 15) is 4.79 Å². The monoisotopic (exact) mass is 358 g/mol.